The van der Waals surface area contributed by atoms with Crippen LogP contribution in [0.4, 0.5) is 0 Å². The van der Waals surface area contributed by atoms with Crippen LogP contribution in [0.2, 0.25) is 0 Å². The number of Topliss-reactive ketones (excluding diaryl/α,β-unsaturated/α-hetero) is 1. The number of carbonyl (C=O) groups excluding carboxylic acids is 3. The van der Waals surface area contributed by atoms with Crippen molar-refractivity contribution in [2.75, 3.05) is 26.9 Å². The van der Waals surface area contributed by atoms with Gasteiger partial charge in [0.25, 0.3) is 5.91 Å². The van der Waals surface area contributed by atoms with Gasteiger partial charge >= 0.3 is 5.97 Å². The van der Waals surface area contributed by atoms with Crippen LogP contribution in [0.5, 0.6) is 5.75 Å². The van der Waals surface area contributed by atoms with Crippen molar-refractivity contribution in [3.63, 3.8) is 0 Å². The molecule has 2 atom stereocenters. The van der Waals surface area contributed by atoms with Crippen molar-refractivity contribution < 1.29 is 28.6 Å². The van der Waals surface area contributed by atoms with Crippen LogP contribution in [-0.4, -0.2) is 66.1 Å². The molecule has 0 aliphatic carbocycles. The number of hydrogen-bond donors (Lipinski definition) is 0. The maximum absolute atomic E-state index is 12.7. The number of hydrogen-bond acceptors (Lipinski definition) is 6. The Balaban J connectivity index is 1.50. The fourth-order valence-corrected chi connectivity index (χ4v) is 4.91. The zero-order valence-electron chi connectivity index (χ0n) is 22.0. The molecule has 1 aromatic carbocycles. The molecular formula is C28H38N2O6. The standard InChI is InChI=1S/C28H38N2O6/c1-19-8-6-9-20(2)30(19)27(32)18-35-24-12-10-23(11-13-24)28(33)36-17-26(31)25-16-21(3)29(22(25)4)14-7-15-34-5/h10-13,16,19-20H,6-9,14-15,17-18H2,1-5H3/t19-,20+. The zero-order valence-corrected chi connectivity index (χ0v) is 22.0. The normalized spacial score (nSPS) is 17.6. The summed E-state index contributed by atoms with van der Waals surface area (Å²) < 4.78 is 18.1. The van der Waals surface area contributed by atoms with E-state index in [1.54, 1.807) is 31.4 Å². The molecular weight excluding hydrogens is 460 g/mol. The van der Waals surface area contributed by atoms with E-state index in [4.69, 9.17) is 14.2 Å². The Labute approximate surface area is 213 Å². The summed E-state index contributed by atoms with van der Waals surface area (Å²) in [6, 6.07) is 8.65. The second-order valence-electron chi connectivity index (χ2n) is 9.53. The van der Waals surface area contributed by atoms with Gasteiger partial charge in [-0.2, -0.15) is 0 Å². The summed E-state index contributed by atoms with van der Waals surface area (Å²) in [5.74, 6) is -0.367. The maximum Gasteiger partial charge on any atom is 0.338 e. The van der Waals surface area contributed by atoms with E-state index in [0.29, 0.717) is 23.5 Å². The lowest BCUT2D eigenvalue weighted by molar-refractivity contribution is -0.139. The van der Waals surface area contributed by atoms with Crippen LogP contribution >= 0.6 is 0 Å². The molecule has 1 aliphatic rings. The van der Waals surface area contributed by atoms with E-state index in [1.165, 1.54) is 0 Å². The molecule has 0 radical (unpaired) electrons. The van der Waals surface area contributed by atoms with Gasteiger partial charge in [-0.15, -0.1) is 0 Å². The predicted octanol–water partition coefficient (Wildman–Crippen LogP) is 4.35. The lowest BCUT2D eigenvalue weighted by Crippen LogP contribution is -2.49. The number of carbonyl (C=O) groups is 3. The number of ketones is 1. The Bertz CT molecular complexity index is 1050. The molecule has 2 heterocycles. The predicted molar refractivity (Wildman–Crippen MR) is 137 cm³/mol. The van der Waals surface area contributed by atoms with Gasteiger partial charge < -0.3 is 23.7 Å². The molecule has 0 saturated carbocycles. The summed E-state index contributed by atoms with van der Waals surface area (Å²) in [5, 5.41) is 0. The number of likely N-dealkylation sites (tertiary alicyclic amines) is 1. The monoisotopic (exact) mass is 498 g/mol. The number of piperidine rings is 1. The van der Waals surface area contributed by atoms with Crippen molar-refractivity contribution in [1.82, 2.24) is 9.47 Å². The number of ether oxygens (including phenoxy) is 3. The molecule has 1 saturated heterocycles. The van der Waals surface area contributed by atoms with Crippen LogP contribution in [0.3, 0.4) is 0 Å². The third kappa shape index (κ3) is 6.75. The second-order valence-corrected chi connectivity index (χ2v) is 9.53. The number of nitrogens with zero attached hydrogens (tertiary/aromatic N) is 2. The van der Waals surface area contributed by atoms with Gasteiger partial charge in [-0.1, -0.05) is 0 Å². The van der Waals surface area contributed by atoms with Crippen LogP contribution in [0.15, 0.2) is 30.3 Å². The van der Waals surface area contributed by atoms with Crippen molar-refractivity contribution >= 4 is 17.7 Å². The van der Waals surface area contributed by atoms with E-state index in [1.807, 2.05) is 24.8 Å². The molecule has 36 heavy (non-hydrogen) atoms. The van der Waals surface area contributed by atoms with Crippen LogP contribution in [0.1, 0.15) is 71.6 Å². The summed E-state index contributed by atoms with van der Waals surface area (Å²) >= 11 is 0. The minimum Gasteiger partial charge on any atom is -0.484 e. The van der Waals surface area contributed by atoms with Crippen LogP contribution < -0.4 is 4.74 Å². The molecule has 1 amide bonds. The topological polar surface area (TPSA) is 87.1 Å². The van der Waals surface area contributed by atoms with Gasteiger partial charge in [0.2, 0.25) is 5.78 Å². The van der Waals surface area contributed by atoms with Gasteiger partial charge in [-0.25, -0.2) is 4.79 Å². The SMILES string of the molecule is COCCCn1c(C)cc(C(=O)COC(=O)c2ccc(OCC(=O)N3[C@H](C)CCC[C@@H]3C)cc2)c1C. The summed E-state index contributed by atoms with van der Waals surface area (Å²) in [7, 11) is 1.66. The number of benzene rings is 1. The summed E-state index contributed by atoms with van der Waals surface area (Å²) in [5.41, 5.74) is 2.71. The van der Waals surface area contributed by atoms with Crippen LogP contribution in [-0.2, 0) is 20.8 Å². The molecule has 3 rings (SSSR count). The Hall–Kier alpha value is -3.13. The van der Waals surface area contributed by atoms with E-state index >= 15 is 0 Å². The van der Waals surface area contributed by atoms with Crippen molar-refractivity contribution in [2.45, 2.75) is 72.0 Å². The Morgan fingerprint density at radius 3 is 2.31 bits per heavy atom. The highest BCUT2D eigenvalue weighted by Crippen LogP contribution is 2.23. The molecule has 1 aromatic heterocycles. The van der Waals surface area contributed by atoms with Crippen molar-refractivity contribution in [3.05, 3.63) is 52.8 Å². The van der Waals surface area contributed by atoms with E-state index in [2.05, 4.69) is 18.4 Å². The van der Waals surface area contributed by atoms with Crippen molar-refractivity contribution in [1.29, 1.82) is 0 Å². The van der Waals surface area contributed by atoms with E-state index in [-0.39, 0.29) is 37.0 Å². The number of rotatable bonds is 11. The van der Waals surface area contributed by atoms with Gasteiger partial charge in [0, 0.05) is 49.3 Å². The average molecular weight is 499 g/mol. The minimum absolute atomic E-state index is 0.0326. The fourth-order valence-electron chi connectivity index (χ4n) is 4.91. The number of esters is 1. The Morgan fingerprint density at radius 2 is 1.67 bits per heavy atom. The van der Waals surface area contributed by atoms with Gasteiger partial charge in [-0.3, -0.25) is 9.59 Å². The fraction of sp³-hybridized carbons (Fsp3) is 0.536. The number of aryl methyl sites for hydroxylation is 1. The van der Waals surface area contributed by atoms with Crippen LogP contribution in [0.25, 0.3) is 0 Å². The molecule has 0 bridgehead atoms. The van der Waals surface area contributed by atoms with Crippen molar-refractivity contribution in [3.8, 4) is 5.75 Å². The highest BCUT2D eigenvalue weighted by atomic mass is 16.5. The molecule has 2 aromatic rings. The average Bonchev–Trinajstić information content (AvgIpc) is 3.14. The molecule has 8 nitrogen and oxygen atoms in total. The molecule has 1 fully saturated rings. The summed E-state index contributed by atoms with van der Waals surface area (Å²) in [6.45, 7) is 9.01. The summed E-state index contributed by atoms with van der Waals surface area (Å²) in [4.78, 5) is 39.7. The number of amides is 1. The van der Waals surface area contributed by atoms with Gasteiger partial charge in [0.1, 0.15) is 5.75 Å². The first-order valence-electron chi connectivity index (χ1n) is 12.6. The quantitative estimate of drug-likeness (QED) is 0.260. The molecule has 196 valence electrons. The third-order valence-corrected chi connectivity index (χ3v) is 6.87. The lowest BCUT2D eigenvalue weighted by Gasteiger charge is -2.38. The molecule has 0 spiro atoms. The van der Waals surface area contributed by atoms with E-state index < -0.39 is 5.97 Å². The van der Waals surface area contributed by atoms with E-state index in [9.17, 15) is 14.4 Å². The molecule has 8 heteroatoms. The minimum atomic E-state index is -0.587. The van der Waals surface area contributed by atoms with Gasteiger partial charge in [0.05, 0.1) is 5.56 Å². The van der Waals surface area contributed by atoms with Gasteiger partial charge in [-0.05, 0) is 83.7 Å². The highest BCUT2D eigenvalue weighted by molar-refractivity contribution is 6.00. The number of aromatic nitrogens is 1. The Morgan fingerprint density at radius 1 is 1.00 bits per heavy atom. The Kier molecular flexibility index (Phi) is 9.70. The molecule has 1 aliphatic heterocycles. The highest BCUT2D eigenvalue weighted by Gasteiger charge is 2.29. The second kappa shape index (κ2) is 12.7. The van der Waals surface area contributed by atoms with Gasteiger partial charge in [0.15, 0.2) is 13.2 Å². The molecule has 0 unspecified atom stereocenters. The first-order valence-corrected chi connectivity index (χ1v) is 12.6. The first-order chi connectivity index (χ1) is 17.2. The lowest BCUT2D eigenvalue weighted by atomic mass is 9.97. The van der Waals surface area contributed by atoms with Crippen molar-refractivity contribution in [2.24, 2.45) is 0 Å². The van der Waals surface area contributed by atoms with E-state index in [0.717, 1.165) is 43.6 Å². The smallest absolute Gasteiger partial charge is 0.338 e. The number of methoxy groups -OCH3 is 1. The first kappa shape index (κ1) is 27.5. The largest absolute Gasteiger partial charge is 0.484 e. The zero-order chi connectivity index (χ0) is 26.2. The van der Waals surface area contributed by atoms with Crippen LogP contribution in [0, 0.1) is 13.8 Å². The molecule has 0 N–H and O–H groups in total. The third-order valence-electron chi connectivity index (χ3n) is 6.87. The summed E-state index contributed by atoms with van der Waals surface area (Å²) in [6.07, 6.45) is 4.00. The maximum atomic E-state index is 12.7.